The molecule has 0 fully saturated rings. The molecule has 0 spiro atoms. The Morgan fingerprint density at radius 1 is 0.793 bits per heavy atom. The lowest BCUT2D eigenvalue weighted by molar-refractivity contribution is -0.142. The minimum Gasteiger partial charge on any atom is -0.480 e. The van der Waals surface area contributed by atoms with Crippen molar-refractivity contribution in [2.24, 2.45) is 5.92 Å². The first-order valence-electron chi connectivity index (χ1n) is 10.9. The molecule has 0 saturated carbocycles. The zero-order chi connectivity index (χ0) is 21.7. The summed E-state index contributed by atoms with van der Waals surface area (Å²) in [6.45, 7) is 5.76. The lowest BCUT2D eigenvalue weighted by Crippen LogP contribution is -2.43. The number of carbonyl (C=O) groups is 2. The maximum Gasteiger partial charge on any atom is 0.326 e. The van der Waals surface area contributed by atoms with E-state index in [1.165, 1.54) is 51.0 Å². The molecule has 0 saturated heterocycles. The topological polar surface area (TPSA) is 66.4 Å². The standard InChI is InChI=1S/C25H39NO3/c1-4-5-6-7-8-9-10-11-12-13-14-15-16-17-18-19-20-21-23(27)26-24(22(2)3)25(28)29/h12-22,24H,4-11H2,1-3H3,(H,26,27)(H,28,29)/t24-/m0/s1. The first kappa shape index (κ1) is 26.6. The Balaban J connectivity index is 3.89. The molecule has 0 heterocycles. The minimum atomic E-state index is -1.02. The van der Waals surface area contributed by atoms with Crippen molar-refractivity contribution in [3.8, 4) is 0 Å². The summed E-state index contributed by atoms with van der Waals surface area (Å²) in [4.78, 5) is 22.7. The lowest BCUT2D eigenvalue weighted by Gasteiger charge is -2.16. The van der Waals surface area contributed by atoms with Crippen LogP contribution in [0.25, 0.3) is 0 Å². The third-order valence-electron chi connectivity index (χ3n) is 4.37. The van der Waals surface area contributed by atoms with Gasteiger partial charge in [-0.2, -0.15) is 0 Å². The summed E-state index contributed by atoms with van der Waals surface area (Å²) in [5.41, 5.74) is 0. The second-order valence-corrected chi connectivity index (χ2v) is 7.42. The predicted molar refractivity (Wildman–Crippen MR) is 123 cm³/mol. The maximum atomic E-state index is 11.7. The monoisotopic (exact) mass is 401 g/mol. The number of carboxylic acids is 1. The Kier molecular flexibility index (Phi) is 17.4. The van der Waals surface area contributed by atoms with Gasteiger partial charge in [-0.3, -0.25) is 4.79 Å². The van der Waals surface area contributed by atoms with Crippen LogP contribution in [0.1, 0.15) is 72.1 Å². The van der Waals surface area contributed by atoms with E-state index in [0.717, 1.165) is 6.42 Å². The molecule has 1 atom stereocenters. The molecule has 0 aromatic heterocycles. The van der Waals surface area contributed by atoms with Gasteiger partial charge in [0.15, 0.2) is 0 Å². The van der Waals surface area contributed by atoms with Crippen molar-refractivity contribution in [3.05, 3.63) is 60.8 Å². The molecule has 4 nitrogen and oxygen atoms in total. The average molecular weight is 402 g/mol. The van der Waals surface area contributed by atoms with Crippen molar-refractivity contribution >= 4 is 11.9 Å². The van der Waals surface area contributed by atoms with Crippen LogP contribution in [0.5, 0.6) is 0 Å². The van der Waals surface area contributed by atoms with Crippen LogP contribution in [-0.4, -0.2) is 23.0 Å². The third-order valence-corrected chi connectivity index (χ3v) is 4.37. The number of amides is 1. The molecule has 0 aromatic rings. The molecular weight excluding hydrogens is 362 g/mol. The molecule has 0 rings (SSSR count). The summed E-state index contributed by atoms with van der Waals surface area (Å²) >= 11 is 0. The van der Waals surface area contributed by atoms with Crippen LogP contribution in [0.2, 0.25) is 0 Å². The number of hydrogen-bond donors (Lipinski definition) is 2. The van der Waals surface area contributed by atoms with E-state index in [9.17, 15) is 9.59 Å². The van der Waals surface area contributed by atoms with Gasteiger partial charge >= 0.3 is 5.97 Å². The van der Waals surface area contributed by atoms with E-state index in [4.69, 9.17) is 5.11 Å². The van der Waals surface area contributed by atoms with Crippen LogP contribution in [0.15, 0.2) is 60.8 Å². The molecule has 162 valence electrons. The molecule has 29 heavy (non-hydrogen) atoms. The van der Waals surface area contributed by atoms with Crippen molar-refractivity contribution in [2.45, 2.75) is 78.2 Å². The van der Waals surface area contributed by atoms with Crippen molar-refractivity contribution < 1.29 is 14.7 Å². The molecule has 0 aliphatic rings. The number of carboxylic acid groups (broad SMARTS) is 1. The fraction of sp³-hybridized carbons (Fsp3) is 0.520. The smallest absolute Gasteiger partial charge is 0.326 e. The largest absolute Gasteiger partial charge is 0.480 e. The Bertz CT molecular complexity index is 583. The highest BCUT2D eigenvalue weighted by molar-refractivity contribution is 5.91. The molecule has 4 heteroatoms. The van der Waals surface area contributed by atoms with Crippen LogP contribution < -0.4 is 5.32 Å². The fourth-order valence-corrected chi connectivity index (χ4v) is 2.64. The van der Waals surface area contributed by atoms with Gasteiger partial charge in [0.25, 0.3) is 0 Å². The molecule has 0 radical (unpaired) electrons. The highest BCUT2D eigenvalue weighted by Crippen LogP contribution is 2.08. The van der Waals surface area contributed by atoms with E-state index in [-0.39, 0.29) is 5.92 Å². The molecule has 0 aliphatic carbocycles. The van der Waals surface area contributed by atoms with Crippen molar-refractivity contribution in [2.75, 3.05) is 0 Å². The lowest BCUT2D eigenvalue weighted by atomic mass is 10.0. The van der Waals surface area contributed by atoms with Gasteiger partial charge in [0.2, 0.25) is 5.91 Å². The quantitative estimate of drug-likeness (QED) is 0.186. The van der Waals surface area contributed by atoms with Crippen LogP contribution in [0.3, 0.4) is 0 Å². The molecular formula is C25H39NO3. The van der Waals surface area contributed by atoms with Crippen LogP contribution >= 0.6 is 0 Å². The second-order valence-electron chi connectivity index (χ2n) is 7.42. The molecule has 0 unspecified atom stereocenters. The summed E-state index contributed by atoms with van der Waals surface area (Å²) < 4.78 is 0. The van der Waals surface area contributed by atoms with Gasteiger partial charge in [0.1, 0.15) is 6.04 Å². The second kappa shape index (κ2) is 19.0. The van der Waals surface area contributed by atoms with Gasteiger partial charge in [0.05, 0.1) is 0 Å². The molecule has 0 bridgehead atoms. The van der Waals surface area contributed by atoms with Gasteiger partial charge in [0, 0.05) is 6.08 Å². The van der Waals surface area contributed by atoms with Gasteiger partial charge in [-0.25, -0.2) is 4.79 Å². The molecule has 0 aliphatic heterocycles. The van der Waals surface area contributed by atoms with E-state index in [1.54, 1.807) is 26.0 Å². The number of carbonyl (C=O) groups excluding carboxylic acids is 1. The Morgan fingerprint density at radius 2 is 1.31 bits per heavy atom. The number of allylic oxidation sites excluding steroid dienone is 9. The van der Waals surface area contributed by atoms with E-state index in [2.05, 4.69) is 24.4 Å². The van der Waals surface area contributed by atoms with Gasteiger partial charge in [-0.15, -0.1) is 0 Å². The first-order chi connectivity index (χ1) is 14.0. The SMILES string of the molecule is CCCCCCCCCC=CC=CC=CC=CC=CC(=O)N[C@H](C(=O)O)C(C)C. The summed E-state index contributed by atoms with van der Waals surface area (Å²) in [6.07, 6.45) is 29.0. The van der Waals surface area contributed by atoms with E-state index >= 15 is 0 Å². The zero-order valence-electron chi connectivity index (χ0n) is 18.3. The van der Waals surface area contributed by atoms with Crippen LogP contribution in [0.4, 0.5) is 0 Å². The van der Waals surface area contributed by atoms with Crippen LogP contribution in [-0.2, 0) is 9.59 Å². The highest BCUT2D eigenvalue weighted by atomic mass is 16.4. The Morgan fingerprint density at radius 3 is 1.86 bits per heavy atom. The summed E-state index contributed by atoms with van der Waals surface area (Å²) in [7, 11) is 0. The molecule has 2 N–H and O–H groups in total. The van der Waals surface area contributed by atoms with E-state index in [1.807, 2.05) is 30.4 Å². The third kappa shape index (κ3) is 17.5. The Hall–Kier alpha value is -2.36. The molecule has 1 amide bonds. The predicted octanol–water partition coefficient (Wildman–Crippen LogP) is 6.13. The number of hydrogen-bond acceptors (Lipinski definition) is 2. The maximum absolute atomic E-state index is 11.7. The van der Waals surface area contributed by atoms with Crippen LogP contribution in [0, 0.1) is 5.92 Å². The van der Waals surface area contributed by atoms with Crippen molar-refractivity contribution in [1.29, 1.82) is 0 Å². The fourth-order valence-electron chi connectivity index (χ4n) is 2.64. The normalized spacial score (nSPS) is 13.7. The van der Waals surface area contributed by atoms with E-state index < -0.39 is 17.9 Å². The Labute approximate surface area is 177 Å². The van der Waals surface area contributed by atoms with Gasteiger partial charge in [-0.1, -0.05) is 114 Å². The summed E-state index contributed by atoms with van der Waals surface area (Å²) in [5.74, 6) is -1.60. The number of aliphatic carboxylic acids is 1. The zero-order valence-corrected chi connectivity index (χ0v) is 18.3. The van der Waals surface area contributed by atoms with Gasteiger partial charge in [-0.05, 0) is 18.8 Å². The van der Waals surface area contributed by atoms with Crippen molar-refractivity contribution in [1.82, 2.24) is 5.32 Å². The summed E-state index contributed by atoms with van der Waals surface area (Å²) in [6, 6.07) is -0.875. The average Bonchev–Trinajstić information content (AvgIpc) is 2.68. The minimum absolute atomic E-state index is 0.167. The number of rotatable bonds is 16. The first-order valence-corrected chi connectivity index (χ1v) is 10.9. The summed E-state index contributed by atoms with van der Waals surface area (Å²) in [5, 5.41) is 11.5. The molecule has 0 aromatic carbocycles. The van der Waals surface area contributed by atoms with Gasteiger partial charge < -0.3 is 10.4 Å². The highest BCUT2D eigenvalue weighted by Gasteiger charge is 2.22. The van der Waals surface area contributed by atoms with E-state index in [0.29, 0.717) is 0 Å². The van der Waals surface area contributed by atoms with Crippen molar-refractivity contribution in [3.63, 3.8) is 0 Å². The number of nitrogens with one attached hydrogen (secondary N) is 1. The number of unbranched alkanes of at least 4 members (excludes halogenated alkanes) is 7.